The van der Waals surface area contributed by atoms with Gasteiger partial charge in [0.15, 0.2) is 5.65 Å². The number of aromatic carboxylic acids is 1. The van der Waals surface area contributed by atoms with Crippen molar-refractivity contribution in [3.05, 3.63) is 64.4 Å². The molecule has 0 unspecified atom stereocenters. The maximum Gasteiger partial charge on any atom is 0.336 e. The van der Waals surface area contributed by atoms with Crippen LogP contribution < -0.4 is 9.47 Å². The van der Waals surface area contributed by atoms with E-state index in [0.29, 0.717) is 29.2 Å². The van der Waals surface area contributed by atoms with E-state index in [9.17, 15) is 14.3 Å². The zero-order valence-electron chi connectivity index (χ0n) is 16.6. The number of carbonyl (C=O) groups is 1. The van der Waals surface area contributed by atoms with Crippen molar-refractivity contribution >= 4 is 28.7 Å². The summed E-state index contributed by atoms with van der Waals surface area (Å²) in [6, 6.07) is 10.8. The van der Waals surface area contributed by atoms with Crippen LogP contribution in [0.25, 0.3) is 22.4 Å². The number of carboxylic acid groups (broad SMARTS) is 1. The second-order valence-electron chi connectivity index (χ2n) is 6.69. The number of hydrogen-bond donors (Lipinski definition) is 2. The molecule has 0 saturated heterocycles. The molecule has 0 saturated carbocycles. The number of H-pyrrole nitrogens is 1. The molecule has 0 aliphatic heterocycles. The largest absolute Gasteiger partial charge is 0.494 e. The maximum absolute atomic E-state index is 14.6. The van der Waals surface area contributed by atoms with Crippen LogP contribution in [-0.2, 0) is 0 Å². The Morgan fingerprint density at radius 1 is 1.16 bits per heavy atom. The number of pyridine rings is 1. The lowest BCUT2D eigenvalue weighted by molar-refractivity contribution is 0.0695. The third-order valence-corrected chi connectivity index (χ3v) is 4.85. The molecule has 4 aromatic rings. The van der Waals surface area contributed by atoms with E-state index in [0.717, 1.165) is 0 Å². The second-order valence-corrected chi connectivity index (χ2v) is 7.10. The summed E-state index contributed by atoms with van der Waals surface area (Å²) in [4.78, 5) is 22.9. The van der Waals surface area contributed by atoms with Crippen LogP contribution in [-0.4, -0.2) is 32.6 Å². The Morgan fingerprint density at radius 3 is 2.65 bits per heavy atom. The summed E-state index contributed by atoms with van der Waals surface area (Å²) in [6.07, 6.45) is 0. The van der Waals surface area contributed by atoms with Crippen LogP contribution in [0.1, 0.15) is 22.8 Å². The van der Waals surface area contributed by atoms with Gasteiger partial charge >= 0.3 is 12.0 Å². The van der Waals surface area contributed by atoms with Crippen LogP contribution >= 0.6 is 11.6 Å². The van der Waals surface area contributed by atoms with Gasteiger partial charge in [-0.2, -0.15) is 4.98 Å². The molecular weight excluding hydrogens is 425 g/mol. The first-order valence-corrected chi connectivity index (χ1v) is 9.74. The summed E-state index contributed by atoms with van der Waals surface area (Å²) < 4.78 is 25.5. The van der Waals surface area contributed by atoms with Crippen LogP contribution in [0.4, 0.5) is 4.39 Å². The number of imidazole rings is 1. The smallest absolute Gasteiger partial charge is 0.336 e. The number of rotatable bonds is 6. The molecule has 0 fully saturated rings. The molecule has 158 valence electrons. The number of aryl methyl sites for hydroxylation is 1. The minimum atomic E-state index is -1.05. The topological polar surface area (TPSA) is 97.3 Å². The summed E-state index contributed by atoms with van der Waals surface area (Å²) in [5.41, 5.74) is 1.94. The van der Waals surface area contributed by atoms with Crippen LogP contribution in [0.5, 0.6) is 17.5 Å². The lowest BCUT2D eigenvalue weighted by Crippen LogP contribution is -2.00. The summed E-state index contributed by atoms with van der Waals surface area (Å²) in [6.45, 7) is 3.94. The van der Waals surface area contributed by atoms with Gasteiger partial charge in [0.2, 0.25) is 0 Å². The Morgan fingerprint density at radius 2 is 1.94 bits per heavy atom. The van der Waals surface area contributed by atoms with Gasteiger partial charge < -0.3 is 19.6 Å². The van der Waals surface area contributed by atoms with Crippen LogP contribution in [0, 0.1) is 12.7 Å². The average Bonchev–Trinajstić information content (AvgIpc) is 3.10. The van der Waals surface area contributed by atoms with E-state index in [4.69, 9.17) is 21.1 Å². The zero-order valence-corrected chi connectivity index (χ0v) is 17.3. The van der Waals surface area contributed by atoms with Gasteiger partial charge in [-0.05, 0) is 49.7 Å². The summed E-state index contributed by atoms with van der Waals surface area (Å²) >= 11 is 6.34. The van der Waals surface area contributed by atoms with E-state index in [1.165, 1.54) is 12.1 Å². The Balaban J connectivity index is 1.68. The lowest BCUT2D eigenvalue weighted by Gasteiger charge is -2.08. The molecule has 0 amide bonds. The molecule has 0 spiro atoms. The van der Waals surface area contributed by atoms with Crippen molar-refractivity contribution in [2.24, 2.45) is 0 Å². The first-order chi connectivity index (χ1) is 14.9. The molecule has 0 radical (unpaired) electrons. The van der Waals surface area contributed by atoms with E-state index in [2.05, 4.69) is 15.0 Å². The lowest BCUT2D eigenvalue weighted by atomic mass is 10.1. The maximum atomic E-state index is 14.6. The molecule has 2 aromatic heterocycles. The van der Waals surface area contributed by atoms with Crippen molar-refractivity contribution in [2.45, 2.75) is 13.8 Å². The molecule has 2 heterocycles. The normalized spacial score (nSPS) is 11.0. The van der Waals surface area contributed by atoms with Crippen molar-refractivity contribution in [1.29, 1.82) is 0 Å². The van der Waals surface area contributed by atoms with Crippen molar-refractivity contribution in [3.8, 4) is 28.8 Å². The molecule has 2 N–H and O–H groups in total. The Bertz CT molecular complexity index is 1310. The number of carboxylic acids is 1. The number of ether oxygens (including phenoxy) is 2. The number of aromatic amines is 1. The van der Waals surface area contributed by atoms with Crippen molar-refractivity contribution in [1.82, 2.24) is 15.0 Å². The van der Waals surface area contributed by atoms with E-state index >= 15 is 0 Å². The third-order valence-electron chi connectivity index (χ3n) is 4.57. The molecule has 0 aliphatic carbocycles. The first kappa shape index (κ1) is 20.6. The minimum absolute atomic E-state index is 0.100. The van der Waals surface area contributed by atoms with Gasteiger partial charge in [0, 0.05) is 11.6 Å². The Kier molecular flexibility index (Phi) is 5.48. The number of aromatic nitrogens is 3. The van der Waals surface area contributed by atoms with Gasteiger partial charge in [0.25, 0.3) is 0 Å². The highest BCUT2D eigenvalue weighted by atomic mass is 35.5. The highest BCUT2D eigenvalue weighted by Crippen LogP contribution is 2.33. The molecule has 0 aliphatic rings. The molecule has 4 rings (SSSR count). The minimum Gasteiger partial charge on any atom is -0.494 e. The summed E-state index contributed by atoms with van der Waals surface area (Å²) in [5, 5.41) is 9.50. The zero-order chi connectivity index (χ0) is 22.1. The monoisotopic (exact) mass is 441 g/mol. The molecule has 0 bridgehead atoms. The van der Waals surface area contributed by atoms with Crippen LogP contribution in [0.3, 0.4) is 0 Å². The number of hydrogen-bond acceptors (Lipinski definition) is 5. The SMILES string of the molecule is CCOc1ccc(-c2nc3nc(Oc4ccc(C)c(C(=O)O)c4)[nH]c3cc2Cl)c(F)c1. The predicted molar refractivity (Wildman–Crippen MR) is 114 cm³/mol. The predicted octanol–water partition coefficient (Wildman–Crippen LogP) is 5.62. The average molecular weight is 442 g/mol. The number of fused-ring (bicyclic) bond motifs is 1. The molecule has 31 heavy (non-hydrogen) atoms. The van der Waals surface area contributed by atoms with Crippen molar-refractivity contribution in [3.63, 3.8) is 0 Å². The number of nitrogens with one attached hydrogen (secondary N) is 1. The van der Waals surface area contributed by atoms with Crippen LogP contribution in [0.15, 0.2) is 42.5 Å². The van der Waals surface area contributed by atoms with Gasteiger partial charge in [0.05, 0.1) is 28.4 Å². The number of halogens is 2. The summed E-state index contributed by atoms with van der Waals surface area (Å²) in [7, 11) is 0. The van der Waals surface area contributed by atoms with Crippen LogP contribution in [0.2, 0.25) is 5.02 Å². The van der Waals surface area contributed by atoms with Gasteiger partial charge in [-0.1, -0.05) is 17.7 Å². The van der Waals surface area contributed by atoms with Gasteiger partial charge in [-0.3, -0.25) is 0 Å². The Hall–Kier alpha value is -3.65. The number of benzene rings is 2. The van der Waals surface area contributed by atoms with E-state index in [-0.39, 0.29) is 33.5 Å². The fourth-order valence-corrected chi connectivity index (χ4v) is 3.34. The molecule has 2 aromatic carbocycles. The first-order valence-electron chi connectivity index (χ1n) is 9.36. The van der Waals surface area contributed by atoms with Crippen molar-refractivity contribution in [2.75, 3.05) is 6.61 Å². The summed E-state index contributed by atoms with van der Waals surface area (Å²) in [5.74, 6) is -0.864. The third kappa shape index (κ3) is 4.15. The quantitative estimate of drug-likeness (QED) is 0.403. The number of nitrogens with zero attached hydrogens (tertiary/aromatic N) is 2. The highest BCUT2D eigenvalue weighted by molar-refractivity contribution is 6.33. The van der Waals surface area contributed by atoms with Gasteiger partial charge in [-0.15, -0.1) is 0 Å². The van der Waals surface area contributed by atoms with E-state index in [1.807, 2.05) is 6.92 Å². The van der Waals surface area contributed by atoms with E-state index < -0.39 is 11.8 Å². The van der Waals surface area contributed by atoms with E-state index in [1.54, 1.807) is 37.3 Å². The fourth-order valence-electron chi connectivity index (χ4n) is 3.08. The highest BCUT2D eigenvalue weighted by Gasteiger charge is 2.16. The van der Waals surface area contributed by atoms with Gasteiger partial charge in [-0.25, -0.2) is 14.2 Å². The molecule has 0 atom stereocenters. The fraction of sp³-hybridized carbons (Fsp3) is 0.136. The van der Waals surface area contributed by atoms with Crippen molar-refractivity contribution < 1.29 is 23.8 Å². The van der Waals surface area contributed by atoms with Gasteiger partial charge in [0.1, 0.15) is 17.3 Å². The standard InChI is InChI=1S/C22H17ClFN3O4/c1-3-30-12-6-7-14(17(24)9-12)19-16(23)10-18-20(26-19)27-22(25-18)31-13-5-4-11(2)15(8-13)21(28)29/h4-10H,3H2,1-2H3,(H,28,29)(H,25,26,27). The second kappa shape index (κ2) is 8.23. The molecule has 7 nitrogen and oxygen atoms in total. The molecular formula is C22H17ClFN3O4. The Labute approximate surface area is 181 Å². The molecule has 9 heteroatoms.